The van der Waals surface area contributed by atoms with E-state index in [1.165, 1.54) is 18.4 Å². The molecule has 156 valence electrons. The molecule has 5 nitrogen and oxygen atoms in total. The topological polar surface area (TPSA) is 60.2 Å². The van der Waals surface area contributed by atoms with Gasteiger partial charge >= 0.3 is 0 Å². The molecule has 2 atom stereocenters. The van der Waals surface area contributed by atoms with Gasteiger partial charge in [-0.3, -0.25) is 0 Å². The number of rotatable bonds is 8. The highest BCUT2D eigenvalue weighted by atomic mass is 16.5. The number of aromatic nitrogens is 2. The van der Waals surface area contributed by atoms with Gasteiger partial charge in [-0.15, -0.1) is 0 Å². The van der Waals surface area contributed by atoms with Crippen LogP contribution in [0.1, 0.15) is 56.8 Å². The number of hydrogen-bond donors (Lipinski definition) is 1. The molecule has 0 radical (unpaired) electrons. The van der Waals surface area contributed by atoms with E-state index in [0.29, 0.717) is 17.9 Å². The highest BCUT2D eigenvalue weighted by Crippen LogP contribution is 2.45. The van der Waals surface area contributed by atoms with Crippen molar-refractivity contribution in [3.8, 4) is 17.2 Å². The molecule has 5 rings (SSSR count). The Labute approximate surface area is 177 Å². The van der Waals surface area contributed by atoms with Gasteiger partial charge < -0.3 is 14.6 Å². The number of hydrogen-bond acceptors (Lipinski definition) is 5. The fourth-order valence-corrected chi connectivity index (χ4v) is 4.40. The van der Waals surface area contributed by atoms with Gasteiger partial charge in [0.05, 0.1) is 6.10 Å². The van der Waals surface area contributed by atoms with Gasteiger partial charge in [-0.05, 0) is 62.9 Å². The van der Waals surface area contributed by atoms with E-state index >= 15 is 0 Å². The van der Waals surface area contributed by atoms with Crippen molar-refractivity contribution < 1.29 is 9.26 Å². The number of ether oxygens (including phenoxy) is 1. The van der Waals surface area contributed by atoms with Crippen LogP contribution < -0.4 is 10.1 Å². The van der Waals surface area contributed by atoms with Crippen molar-refractivity contribution in [3.63, 3.8) is 0 Å². The van der Waals surface area contributed by atoms with Crippen LogP contribution in [0.15, 0.2) is 59.1 Å². The second kappa shape index (κ2) is 7.88. The molecule has 1 aromatic heterocycles. The molecule has 1 unspecified atom stereocenters. The molecule has 0 saturated heterocycles. The third-order valence-corrected chi connectivity index (χ3v) is 6.40. The van der Waals surface area contributed by atoms with E-state index in [2.05, 4.69) is 40.8 Å². The van der Waals surface area contributed by atoms with E-state index in [-0.39, 0.29) is 11.5 Å². The number of benzene rings is 2. The standard InChI is InChI=1S/C25H29N3O2/c1-17(2)29-20-11-9-19(10-12-20)23-27-24(28-30-23)25(13-6-14-25)16-26-22-15-21(22)18-7-4-3-5-8-18/h3-5,7-12,17,21-22,26H,6,13-16H2,1-2H3/t21-,22?/m1/s1. The van der Waals surface area contributed by atoms with Crippen LogP contribution in [0.25, 0.3) is 11.5 Å². The highest BCUT2D eigenvalue weighted by Gasteiger charge is 2.46. The summed E-state index contributed by atoms with van der Waals surface area (Å²) < 4.78 is 11.4. The smallest absolute Gasteiger partial charge is 0.257 e. The predicted octanol–water partition coefficient (Wildman–Crippen LogP) is 5.09. The summed E-state index contributed by atoms with van der Waals surface area (Å²) in [5.74, 6) is 2.91. The van der Waals surface area contributed by atoms with Crippen LogP contribution in [0.4, 0.5) is 0 Å². The zero-order valence-corrected chi connectivity index (χ0v) is 17.7. The Hall–Kier alpha value is -2.66. The summed E-state index contributed by atoms with van der Waals surface area (Å²) in [6.45, 7) is 4.96. The van der Waals surface area contributed by atoms with E-state index in [1.807, 2.05) is 38.1 Å². The van der Waals surface area contributed by atoms with Gasteiger partial charge in [-0.1, -0.05) is 41.9 Å². The largest absolute Gasteiger partial charge is 0.491 e. The van der Waals surface area contributed by atoms with Crippen molar-refractivity contribution in [1.29, 1.82) is 0 Å². The van der Waals surface area contributed by atoms with Gasteiger partial charge in [0.1, 0.15) is 5.75 Å². The summed E-state index contributed by atoms with van der Waals surface area (Å²) >= 11 is 0. The summed E-state index contributed by atoms with van der Waals surface area (Å²) in [4.78, 5) is 4.78. The average Bonchev–Trinajstić information content (AvgIpc) is 3.34. The average molecular weight is 404 g/mol. The van der Waals surface area contributed by atoms with Crippen molar-refractivity contribution in [2.45, 2.75) is 63.0 Å². The third kappa shape index (κ3) is 3.86. The minimum absolute atomic E-state index is 0.00622. The normalized spacial score (nSPS) is 22.0. The molecule has 2 aliphatic rings. The lowest BCUT2D eigenvalue weighted by Gasteiger charge is -2.39. The minimum atomic E-state index is 0.00622. The molecule has 30 heavy (non-hydrogen) atoms. The molecule has 0 aliphatic heterocycles. The lowest BCUT2D eigenvalue weighted by Crippen LogP contribution is -2.45. The minimum Gasteiger partial charge on any atom is -0.491 e. The molecule has 2 saturated carbocycles. The molecule has 2 fully saturated rings. The zero-order chi connectivity index (χ0) is 20.6. The van der Waals surface area contributed by atoms with Crippen molar-refractivity contribution in [3.05, 3.63) is 66.0 Å². The van der Waals surface area contributed by atoms with Crippen LogP contribution >= 0.6 is 0 Å². The molecule has 2 aromatic carbocycles. The van der Waals surface area contributed by atoms with Gasteiger partial charge in [0.15, 0.2) is 5.82 Å². The molecular weight excluding hydrogens is 374 g/mol. The Kier molecular flexibility index (Phi) is 5.07. The molecular formula is C25H29N3O2. The van der Waals surface area contributed by atoms with Crippen LogP contribution in [0.5, 0.6) is 5.75 Å². The fraction of sp³-hybridized carbons (Fsp3) is 0.440. The summed E-state index contributed by atoms with van der Waals surface area (Å²) in [7, 11) is 0. The van der Waals surface area contributed by atoms with E-state index < -0.39 is 0 Å². The van der Waals surface area contributed by atoms with Gasteiger partial charge in [-0.25, -0.2) is 0 Å². The van der Waals surface area contributed by atoms with Crippen molar-refractivity contribution in [1.82, 2.24) is 15.5 Å². The molecule has 0 spiro atoms. The first kappa shape index (κ1) is 19.3. The number of nitrogens with one attached hydrogen (secondary N) is 1. The van der Waals surface area contributed by atoms with E-state index in [9.17, 15) is 0 Å². The van der Waals surface area contributed by atoms with Gasteiger partial charge in [0, 0.05) is 29.5 Å². The van der Waals surface area contributed by atoms with Crippen LogP contribution in [0.3, 0.4) is 0 Å². The van der Waals surface area contributed by atoms with Gasteiger partial charge in [0.25, 0.3) is 5.89 Å². The highest BCUT2D eigenvalue weighted by molar-refractivity contribution is 5.54. The molecule has 1 N–H and O–H groups in total. The van der Waals surface area contributed by atoms with E-state index in [4.69, 9.17) is 14.2 Å². The first-order valence-corrected chi connectivity index (χ1v) is 11.0. The summed E-state index contributed by atoms with van der Waals surface area (Å²) in [6, 6.07) is 19.2. The second-order valence-corrected chi connectivity index (χ2v) is 8.99. The van der Waals surface area contributed by atoms with Crippen LogP contribution in [-0.4, -0.2) is 28.8 Å². The van der Waals surface area contributed by atoms with Crippen LogP contribution in [0, 0.1) is 0 Å². The molecule has 5 heteroatoms. The summed E-state index contributed by atoms with van der Waals surface area (Å²) in [5, 5.41) is 8.16. The SMILES string of the molecule is CC(C)Oc1ccc(-c2nc(C3(CNC4C[C@@H]4c4ccccc4)CCC3)no2)cc1. The fourth-order valence-electron chi connectivity index (χ4n) is 4.40. The molecule has 1 heterocycles. The van der Waals surface area contributed by atoms with E-state index in [0.717, 1.165) is 36.5 Å². The van der Waals surface area contributed by atoms with Crippen LogP contribution in [0.2, 0.25) is 0 Å². The maximum atomic E-state index is 5.72. The van der Waals surface area contributed by atoms with E-state index in [1.54, 1.807) is 0 Å². The molecule has 2 aliphatic carbocycles. The molecule has 3 aromatic rings. The Bertz CT molecular complexity index is 977. The summed E-state index contributed by atoms with van der Waals surface area (Å²) in [5.41, 5.74) is 2.37. The molecule has 0 bridgehead atoms. The lowest BCUT2D eigenvalue weighted by atomic mass is 9.68. The summed E-state index contributed by atoms with van der Waals surface area (Å²) in [6.07, 6.45) is 4.82. The Morgan fingerprint density at radius 2 is 1.87 bits per heavy atom. The maximum absolute atomic E-state index is 5.72. The van der Waals surface area contributed by atoms with Crippen molar-refractivity contribution in [2.75, 3.05) is 6.54 Å². The first-order chi connectivity index (χ1) is 14.6. The van der Waals surface area contributed by atoms with Crippen LogP contribution in [-0.2, 0) is 5.41 Å². The zero-order valence-electron chi connectivity index (χ0n) is 17.7. The second-order valence-electron chi connectivity index (χ2n) is 8.99. The molecule has 0 amide bonds. The first-order valence-electron chi connectivity index (χ1n) is 11.0. The van der Waals surface area contributed by atoms with Gasteiger partial charge in [0.2, 0.25) is 0 Å². The predicted molar refractivity (Wildman–Crippen MR) is 117 cm³/mol. The Morgan fingerprint density at radius 3 is 2.53 bits per heavy atom. The Balaban J connectivity index is 1.24. The quantitative estimate of drug-likeness (QED) is 0.568. The monoisotopic (exact) mass is 403 g/mol. The number of nitrogens with zero attached hydrogens (tertiary/aromatic N) is 2. The maximum Gasteiger partial charge on any atom is 0.257 e. The third-order valence-electron chi connectivity index (χ3n) is 6.40. The van der Waals surface area contributed by atoms with Crippen molar-refractivity contribution >= 4 is 0 Å². The van der Waals surface area contributed by atoms with Crippen molar-refractivity contribution in [2.24, 2.45) is 0 Å². The van der Waals surface area contributed by atoms with Gasteiger partial charge in [-0.2, -0.15) is 4.98 Å². The lowest BCUT2D eigenvalue weighted by molar-refractivity contribution is 0.211. The Morgan fingerprint density at radius 1 is 1.10 bits per heavy atom.